The fourth-order valence-electron chi connectivity index (χ4n) is 2.19. The Hall–Kier alpha value is -3.06. The van der Waals surface area contributed by atoms with Crippen LogP contribution in [-0.4, -0.2) is 13.0 Å². The van der Waals surface area contributed by atoms with Crippen molar-refractivity contribution >= 4 is 17.7 Å². The Morgan fingerprint density at radius 2 is 2.00 bits per heavy atom. The van der Waals surface area contributed by atoms with Crippen LogP contribution < -0.4 is 10.1 Å². The first kappa shape index (κ1) is 16.3. The van der Waals surface area contributed by atoms with E-state index >= 15 is 0 Å². The van der Waals surface area contributed by atoms with Crippen molar-refractivity contribution in [3.05, 3.63) is 64.7 Å². The Morgan fingerprint density at radius 3 is 2.65 bits per heavy atom. The number of hydrogen-bond acceptors (Lipinski definition) is 3. The second-order valence-electron chi connectivity index (χ2n) is 5.22. The quantitative estimate of drug-likeness (QED) is 0.689. The van der Waals surface area contributed by atoms with Gasteiger partial charge in [-0.2, -0.15) is 5.26 Å². The van der Waals surface area contributed by atoms with E-state index in [2.05, 4.69) is 5.32 Å². The summed E-state index contributed by atoms with van der Waals surface area (Å²) in [5.74, 6) is 0.195. The molecule has 0 saturated carbocycles. The van der Waals surface area contributed by atoms with Crippen LogP contribution in [0.4, 0.5) is 5.69 Å². The Balaban J connectivity index is 2.24. The maximum absolute atomic E-state index is 12.3. The van der Waals surface area contributed by atoms with Crippen LogP contribution >= 0.6 is 0 Å². The summed E-state index contributed by atoms with van der Waals surface area (Å²) in [6.45, 7) is 3.95. The molecule has 0 aliphatic rings. The topological polar surface area (TPSA) is 62.1 Å². The third-order valence-electron chi connectivity index (χ3n) is 3.42. The van der Waals surface area contributed by atoms with E-state index in [1.54, 1.807) is 37.5 Å². The molecule has 0 fully saturated rings. The second kappa shape index (κ2) is 7.28. The molecule has 2 aromatic carbocycles. The Morgan fingerprint density at radius 1 is 1.22 bits per heavy atom. The first-order valence-electron chi connectivity index (χ1n) is 7.18. The molecule has 2 rings (SSSR count). The molecule has 4 nitrogen and oxygen atoms in total. The molecule has 2 aromatic rings. The minimum atomic E-state index is -0.444. The van der Waals surface area contributed by atoms with Gasteiger partial charge in [-0.15, -0.1) is 0 Å². The Labute approximate surface area is 136 Å². The van der Waals surface area contributed by atoms with Crippen LogP contribution in [0.1, 0.15) is 16.7 Å². The van der Waals surface area contributed by atoms with Crippen molar-refractivity contribution in [2.75, 3.05) is 12.4 Å². The lowest BCUT2D eigenvalue weighted by molar-refractivity contribution is -0.112. The minimum Gasteiger partial charge on any atom is -0.497 e. The average molecular weight is 306 g/mol. The summed E-state index contributed by atoms with van der Waals surface area (Å²) in [5.41, 5.74) is 3.65. The molecule has 116 valence electrons. The average Bonchev–Trinajstić information content (AvgIpc) is 2.54. The van der Waals surface area contributed by atoms with Crippen molar-refractivity contribution < 1.29 is 9.53 Å². The van der Waals surface area contributed by atoms with Gasteiger partial charge < -0.3 is 10.1 Å². The van der Waals surface area contributed by atoms with Gasteiger partial charge in [-0.1, -0.05) is 29.8 Å². The normalized spacial score (nSPS) is 10.8. The monoisotopic (exact) mass is 306 g/mol. The van der Waals surface area contributed by atoms with Crippen LogP contribution in [0, 0.1) is 25.2 Å². The smallest absolute Gasteiger partial charge is 0.266 e. The van der Waals surface area contributed by atoms with E-state index in [9.17, 15) is 10.1 Å². The molecule has 0 atom stereocenters. The lowest BCUT2D eigenvalue weighted by Crippen LogP contribution is -2.13. The van der Waals surface area contributed by atoms with Gasteiger partial charge in [0.15, 0.2) is 0 Å². The van der Waals surface area contributed by atoms with E-state index < -0.39 is 5.91 Å². The van der Waals surface area contributed by atoms with Crippen LogP contribution in [0.15, 0.2) is 48.0 Å². The van der Waals surface area contributed by atoms with Gasteiger partial charge in [0.1, 0.15) is 17.4 Å². The highest BCUT2D eigenvalue weighted by molar-refractivity contribution is 6.09. The van der Waals surface area contributed by atoms with E-state index in [-0.39, 0.29) is 5.57 Å². The molecule has 0 radical (unpaired) electrons. The number of nitriles is 1. The van der Waals surface area contributed by atoms with Crippen molar-refractivity contribution in [2.45, 2.75) is 13.8 Å². The molecule has 0 spiro atoms. The fourth-order valence-corrected chi connectivity index (χ4v) is 2.19. The second-order valence-corrected chi connectivity index (χ2v) is 5.22. The van der Waals surface area contributed by atoms with Crippen LogP contribution in [0.2, 0.25) is 0 Å². The molecule has 0 aromatic heterocycles. The van der Waals surface area contributed by atoms with Crippen LogP contribution in [0.25, 0.3) is 6.08 Å². The Kier molecular flexibility index (Phi) is 5.16. The molecule has 1 N–H and O–H groups in total. The van der Waals surface area contributed by atoms with Gasteiger partial charge in [0.05, 0.1) is 7.11 Å². The van der Waals surface area contributed by atoms with Gasteiger partial charge >= 0.3 is 0 Å². The van der Waals surface area contributed by atoms with Gasteiger partial charge in [-0.3, -0.25) is 4.79 Å². The fraction of sp³-hybridized carbons (Fsp3) is 0.158. The molecule has 0 unspecified atom stereocenters. The maximum atomic E-state index is 12.3. The molecule has 0 bridgehead atoms. The third kappa shape index (κ3) is 4.21. The van der Waals surface area contributed by atoms with Crippen LogP contribution in [0.3, 0.4) is 0 Å². The summed E-state index contributed by atoms with van der Waals surface area (Å²) < 4.78 is 5.11. The lowest BCUT2D eigenvalue weighted by Gasteiger charge is -2.07. The number of methoxy groups -OCH3 is 1. The maximum Gasteiger partial charge on any atom is 0.266 e. The van der Waals surface area contributed by atoms with E-state index in [0.717, 1.165) is 16.7 Å². The van der Waals surface area contributed by atoms with Gasteiger partial charge in [0.25, 0.3) is 5.91 Å². The number of nitrogens with one attached hydrogen (secondary N) is 1. The molecule has 0 heterocycles. The van der Waals surface area contributed by atoms with Crippen molar-refractivity contribution in [2.24, 2.45) is 0 Å². The molecule has 23 heavy (non-hydrogen) atoms. The highest BCUT2D eigenvalue weighted by Gasteiger charge is 2.10. The summed E-state index contributed by atoms with van der Waals surface area (Å²) >= 11 is 0. The zero-order valence-corrected chi connectivity index (χ0v) is 13.4. The van der Waals surface area contributed by atoms with E-state index in [0.29, 0.717) is 11.4 Å². The predicted octanol–water partition coefficient (Wildman–Crippen LogP) is 3.86. The Bertz CT molecular complexity index is 801. The highest BCUT2D eigenvalue weighted by atomic mass is 16.5. The van der Waals surface area contributed by atoms with Gasteiger partial charge in [-0.25, -0.2) is 0 Å². The van der Waals surface area contributed by atoms with Crippen LogP contribution in [0.5, 0.6) is 5.75 Å². The van der Waals surface area contributed by atoms with E-state index in [4.69, 9.17) is 4.74 Å². The number of carbonyl (C=O) groups is 1. The number of rotatable bonds is 4. The van der Waals surface area contributed by atoms with Gasteiger partial charge in [-0.05, 0) is 43.2 Å². The number of aryl methyl sites for hydroxylation is 2. The van der Waals surface area contributed by atoms with Crippen LogP contribution in [-0.2, 0) is 4.79 Å². The van der Waals surface area contributed by atoms with Crippen molar-refractivity contribution in [1.82, 2.24) is 0 Å². The number of carbonyl (C=O) groups excluding carboxylic acids is 1. The van der Waals surface area contributed by atoms with Gasteiger partial charge in [0, 0.05) is 11.8 Å². The molecule has 0 saturated heterocycles. The summed E-state index contributed by atoms with van der Waals surface area (Å²) in [6.07, 6.45) is 1.60. The van der Waals surface area contributed by atoms with E-state index in [1.807, 2.05) is 38.1 Å². The number of amides is 1. The zero-order chi connectivity index (χ0) is 16.8. The zero-order valence-electron chi connectivity index (χ0n) is 13.4. The number of hydrogen-bond donors (Lipinski definition) is 1. The molecule has 0 aliphatic carbocycles. The first-order valence-corrected chi connectivity index (χ1v) is 7.18. The summed E-state index contributed by atoms with van der Waals surface area (Å²) in [5, 5.41) is 12.0. The summed E-state index contributed by atoms with van der Waals surface area (Å²) in [7, 11) is 1.56. The minimum absolute atomic E-state index is 0.0553. The first-order chi connectivity index (χ1) is 11.0. The number of anilines is 1. The molecular weight excluding hydrogens is 288 g/mol. The van der Waals surface area contributed by atoms with Crippen molar-refractivity contribution in [3.63, 3.8) is 0 Å². The predicted molar refractivity (Wildman–Crippen MR) is 91.1 cm³/mol. The standard InChI is InChI=1S/C19H18N2O2/c1-13-7-8-15(14(2)9-13)10-16(12-20)19(22)21-17-5-4-6-18(11-17)23-3/h4-11H,1-3H3,(H,21,22). The molecular formula is C19H18N2O2. The number of benzene rings is 2. The third-order valence-corrected chi connectivity index (χ3v) is 3.42. The number of ether oxygens (including phenoxy) is 1. The molecule has 1 amide bonds. The SMILES string of the molecule is COc1cccc(NC(=O)C(C#N)=Cc2ccc(C)cc2C)c1. The van der Waals surface area contributed by atoms with Crippen molar-refractivity contribution in [3.8, 4) is 11.8 Å². The van der Waals surface area contributed by atoms with Gasteiger partial charge in [0.2, 0.25) is 0 Å². The largest absolute Gasteiger partial charge is 0.497 e. The van der Waals surface area contributed by atoms with E-state index in [1.165, 1.54) is 0 Å². The highest BCUT2D eigenvalue weighted by Crippen LogP contribution is 2.19. The molecule has 4 heteroatoms. The number of nitrogens with zero attached hydrogens (tertiary/aromatic N) is 1. The molecule has 0 aliphatic heterocycles. The summed E-state index contributed by atoms with van der Waals surface area (Å²) in [4.78, 5) is 12.3. The summed E-state index contributed by atoms with van der Waals surface area (Å²) in [6, 6.07) is 14.8. The van der Waals surface area contributed by atoms with Crippen molar-refractivity contribution in [1.29, 1.82) is 5.26 Å². The lowest BCUT2D eigenvalue weighted by atomic mass is 10.0.